The molecule has 0 aromatic heterocycles. The van der Waals surface area contributed by atoms with Gasteiger partial charge in [-0.15, -0.1) is 0 Å². The lowest BCUT2D eigenvalue weighted by atomic mass is 10.0. The molecule has 10 heavy (non-hydrogen) atoms. The van der Waals surface area contributed by atoms with Gasteiger partial charge in [0, 0.05) is 5.92 Å². The van der Waals surface area contributed by atoms with E-state index in [1.807, 2.05) is 13.8 Å². The maximum atomic E-state index is 11.5. The second-order valence-corrected chi connectivity index (χ2v) is 2.27. The molecular formula is C8H13FO. The molecule has 1 nitrogen and oxygen atoms in total. The first-order chi connectivity index (χ1) is 4.72. The van der Waals surface area contributed by atoms with Crippen LogP contribution in [0.1, 0.15) is 20.3 Å². The smallest absolute Gasteiger partial charge is 0.158 e. The monoisotopic (exact) mass is 144 g/mol. The molecule has 0 rings (SSSR count). The first kappa shape index (κ1) is 9.34. The van der Waals surface area contributed by atoms with Crippen LogP contribution in [0.5, 0.6) is 0 Å². The normalized spacial score (nSPS) is 13.9. The summed E-state index contributed by atoms with van der Waals surface area (Å²) >= 11 is 0. The SMILES string of the molecule is CCC(C)C(=O)/C=C/CF. The molecule has 0 spiro atoms. The van der Waals surface area contributed by atoms with Crippen LogP contribution in [0.25, 0.3) is 0 Å². The van der Waals surface area contributed by atoms with Gasteiger partial charge in [-0.3, -0.25) is 4.79 Å². The molecule has 58 valence electrons. The Morgan fingerprint density at radius 1 is 1.70 bits per heavy atom. The molecule has 0 radical (unpaired) electrons. The average molecular weight is 144 g/mol. The van der Waals surface area contributed by atoms with E-state index in [-0.39, 0.29) is 11.7 Å². The second kappa shape index (κ2) is 5.15. The molecule has 1 unspecified atom stereocenters. The summed E-state index contributed by atoms with van der Waals surface area (Å²) in [5.74, 6) is 0.0444. The van der Waals surface area contributed by atoms with Gasteiger partial charge in [0.1, 0.15) is 6.67 Å². The summed E-state index contributed by atoms with van der Waals surface area (Å²) in [5, 5.41) is 0. The van der Waals surface area contributed by atoms with E-state index in [1.165, 1.54) is 12.2 Å². The van der Waals surface area contributed by atoms with Crippen LogP contribution in [0.2, 0.25) is 0 Å². The summed E-state index contributed by atoms with van der Waals surface area (Å²) in [7, 11) is 0. The van der Waals surface area contributed by atoms with Gasteiger partial charge >= 0.3 is 0 Å². The van der Waals surface area contributed by atoms with Gasteiger partial charge in [0.2, 0.25) is 0 Å². The molecule has 1 atom stereocenters. The standard InChI is InChI=1S/C8H13FO/c1-3-7(2)8(10)5-4-6-9/h4-5,7H,3,6H2,1-2H3/b5-4+. The molecular weight excluding hydrogens is 131 g/mol. The Labute approximate surface area is 60.9 Å². The molecule has 0 aliphatic rings. The van der Waals surface area contributed by atoms with E-state index in [4.69, 9.17) is 0 Å². The van der Waals surface area contributed by atoms with Crippen molar-refractivity contribution in [1.29, 1.82) is 0 Å². The predicted molar refractivity (Wildman–Crippen MR) is 39.6 cm³/mol. The number of allylic oxidation sites excluding steroid dienone is 2. The van der Waals surface area contributed by atoms with Crippen LogP contribution in [-0.2, 0) is 4.79 Å². The third kappa shape index (κ3) is 3.38. The van der Waals surface area contributed by atoms with E-state index in [9.17, 15) is 9.18 Å². The van der Waals surface area contributed by atoms with E-state index in [2.05, 4.69) is 0 Å². The fraction of sp³-hybridized carbons (Fsp3) is 0.625. The summed E-state index contributed by atoms with van der Waals surface area (Å²) in [4.78, 5) is 10.9. The van der Waals surface area contributed by atoms with E-state index in [1.54, 1.807) is 0 Å². The zero-order valence-corrected chi connectivity index (χ0v) is 6.43. The summed E-state index contributed by atoms with van der Waals surface area (Å²) in [6.07, 6.45) is 3.37. The third-order valence-electron chi connectivity index (χ3n) is 1.47. The number of ketones is 1. The van der Waals surface area contributed by atoms with Crippen molar-refractivity contribution in [1.82, 2.24) is 0 Å². The van der Waals surface area contributed by atoms with Crippen molar-refractivity contribution in [2.24, 2.45) is 5.92 Å². The highest BCUT2D eigenvalue weighted by atomic mass is 19.1. The van der Waals surface area contributed by atoms with Crippen molar-refractivity contribution in [2.45, 2.75) is 20.3 Å². The summed E-state index contributed by atoms with van der Waals surface area (Å²) in [6, 6.07) is 0. The molecule has 0 saturated heterocycles. The summed E-state index contributed by atoms with van der Waals surface area (Å²) in [5.41, 5.74) is 0. The minimum Gasteiger partial charge on any atom is -0.295 e. The largest absolute Gasteiger partial charge is 0.295 e. The molecule has 0 fully saturated rings. The molecule has 0 aliphatic carbocycles. The van der Waals surface area contributed by atoms with Crippen molar-refractivity contribution in [3.8, 4) is 0 Å². The predicted octanol–water partition coefficient (Wildman–Crippen LogP) is 2.13. The maximum Gasteiger partial charge on any atom is 0.158 e. The molecule has 2 heteroatoms. The Bertz CT molecular complexity index is 129. The molecule has 0 heterocycles. The van der Waals surface area contributed by atoms with Crippen LogP contribution in [0.3, 0.4) is 0 Å². The average Bonchev–Trinajstić information content (AvgIpc) is 1.98. The van der Waals surface area contributed by atoms with Crippen molar-refractivity contribution in [3.05, 3.63) is 12.2 Å². The molecule has 0 saturated carbocycles. The van der Waals surface area contributed by atoms with Gasteiger partial charge in [0.25, 0.3) is 0 Å². The lowest BCUT2D eigenvalue weighted by Crippen LogP contribution is -2.05. The topological polar surface area (TPSA) is 17.1 Å². The number of carbonyl (C=O) groups is 1. The number of hydrogen-bond donors (Lipinski definition) is 0. The fourth-order valence-electron chi connectivity index (χ4n) is 0.526. The Balaban J connectivity index is 3.72. The fourth-order valence-corrected chi connectivity index (χ4v) is 0.526. The Kier molecular flexibility index (Phi) is 4.81. The third-order valence-corrected chi connectivity index (χ3v) is 1.47. The Hall–Kier alpha value is -0.660. The van der Waals surface area contributed by atoms with Crippen LogP contribution < -0.4 is 0 Å². The zero-order valence-electron chi connectivity index (χ0n) is 6.43. The number of halogens is 1. The van der Waals surface area contributed by atoms with Gasteiger partial charge in [0.05, 0.1) is 0 Å². The molecule has 0 bridgehead atoms. The molecule has 0 aromatic carbocycles. The number of hydrogen-bond acceptors (Lipinski definition) is 1. The van der Waals surface area contributed by atoms with Crippen LogP contribution in [0.15, 0.2) is 12.2 Å². The molecule has 0 N–H and O–H groups in total. The number of alkyl halides is 1. The summed E-state index contributed by atoms with van der Waals surface area (Å²) in [6.45, 7) is 3.22. The lowest BCUT2D eigenvalue weighted by molar-refractivity contribution is -0.117. The first-order valence-electron chi connectivity index (χ1n) is 3.48. The highest BCUT2D eigenvalue weighted by Crippen LogP contribution is 2.02. The van der Waals surface area contributed by atoms with E-state index in [0.717, 1.165) is 6.42 Å². The zero-order chi connectivity index (χ0) is 7.98. The quantitative estimate of drug-likeness (QED) is 0.552. The lowest BCUT2D eigenvalue weighted by Gasteiger charge is -2.00. The van der Waals surface area contributed by atoms with Gasteiger partial charge in [-0.2, -0.15) is 0 Å². The van der Waals surface area contributed by atoms with Gasteiger partial charge < -0.3 is 0 Å². The van der Waals surface area contributed by atoms with Crippen molar-refractivity contribution >= 4 is 5.78 Å². The number of rotatable bonds is 4. The highest BCUT2D eigenvalue weighted by molar-refractivity contribution is 5.91. The Morgan fingerprint density at radius 3 is 2.70 bits per heavy atom. The van der Waals surface area contributed by atoms with Crippen molar-refractivity contribution < 1.29 is 9.18 Å². The Morgan fingerprint density at radius 2 is 2.30 bits per heavy atom. The second-order valence-electron chi connectivity index (χ2n) is 2.27. The van der Waals surface area contributed by atoms with Gasteiger partial charge in [-0.25, -0.2) is 4.39 Å². The highest BCUT2D eigenvalue weighted by Gasteiger charge is 2.04. The maximum absolute atomic E-state index is 11.5. The molecule has 0 aromatic rings. The van der Waals surface area contributed by atoms with Crippen molar-refractivity contribution in [2.75, 3.05) is 6.67 Å². The van der Waals surface area contributed by atoms with Gasteiger partial charge in [0.15, 0.2) is 5.78 Å². The first-order valence-corrected chi connectivity index (χ1v) is 3.48. The van der Waals surface area contributed by atoms with Crippen molar-refractivity contribution in [3.63, 3.8) is 0 Å². The van der Waals surface area contributed by atoms with Gasteiger partial charge in [-0.1, -0.05) is 19.9 Å². The minimum absolute atomic E-state index is 0.0140. The minimum atomic E-state index is -0.553. The van der Waals surface area contributed by atoms with Crippen LogP contribution in [0.4, 0.5) is 4.39 Å². The van der Waals surface area contributed by atoms with Crippen LogP contribution in [0, 0.1) is 5.92 Å². The molecule has 0 amide bonds. The van der Waals surface area contributed by atoms with Gasteiger partial charge in [-0.05, 0) is 12.5 Å². The van der Waals surface area contributed by atoms with E-state index >= 15 is 0 Å². The number of carbonyl (C=O) groups excluding carboxylic acids is 1. The van der Waals surface area contributed by atoms with E-state index < -0.39 is 6.67 Å². The molecule has 0 aliphatic heterocycles. The van der Waals surface area contributed by atoms with Crippen LogP contribution in [-0.4, -0.2) is 12.5 Å². The van der Waals surface area contributed by atoms with E-state index in [0.29, 0.717) is 0 Å². The van der Waals surface area contributed by atoms with Crippen LogP contribution >= 0.6 is 0 Å². The summed E-state index contributed by atoms with van der Waals surface area (Å²) < 4.78 is 11.5.